The molecule has 0 spiro atoms. The molecule has 0 fully saturated rings. The molecular formula is C28H19BrN2. The van der Waals surface area contributed by atoms with E-state index in [1.807, 2.05) is 0 Å². The van der Waals surface area contributed by atoms with Crippen molar-refractivity contribution in [2.75, 3.05) is 5.32 Å². The van der Waals surface area contributed by atoms with Gasteiger partial charge in [0.15, 0.2) is 0 Å². The minimum Gasteiger partial charge on any atom is -0.356 e. The molecule has 0 aliphatic heterocycles. The fourth-order valence-electron chi connectivity index (χ4n) is 4.38. The van der Waals surface area contributed by atoms with Crippen LogP contribution >= 0.6 is 15.9 Å². The van der Waals surface area contributed by atoms with Crippen LogP contribution in [0.15, 0.2) is 114 Å². The molecule has 0 aliphatic rings. The van der Waals surface area contributed by atoms with Crippen molar-refractivity contribution in [2.45, 2.75) is 0 Å². The lowest BCUT2D eigenvalue weighted by atomic mass is 10.1. The molecule has 5 aromatic carbocycles. The zero-order chi connectivity index (χ0) is 20.8. The number of nitrogens with one attached hydrogen (secondary N) is 1. The highest BCUT2D eigenvalue weighted by Gasteiger charge is 2.13. The topological polar surface area (TPSA) is 17.0 Å². The van der Waals surface area contributed by atoms with Crippen molar-refractivity contribution < 1.29 is 0 Å². The Hall–Kier alpha value is -3.56. The first-order valence-electron chi connectivity index (χ1n) is 10.3. The number of para-hydroxylation sites is 1. The van der Waals surface area contributed by atoms with E-state index in [1.165, 1.54) is 32.6 Å². The van der Waals surface area contributed by atoms with E-state index in [4.69, 9.17) is 0 Å². The van der Waals surface area contributed by atoms with Crippen molar-refractivity contribution in [3.05, 3.63) is 114 Å². The minimum absolute atomic E-state index is 1.07. The molecule has 148 valence electrons. The van der Waals surface area contributed by atoms with Crippen LogP contribution in [0.25, 0.3) is 38.3 Å². The number of hydrogen-bond donors (Lipinski definition) is 1. The summed E-state index contributed by atoms with van der Waals surface area (Å²) in [6.45, 7) is 0. The summed E-state index contributed by atoms with van der Waals surface area (Å²) >= 11 is 3.75. The molecule has 0 unspecified atom stereocenters. The second-order valence-electron chi connectivity index (χ2n) is 7.72. The van der Waals surface area contributed by atoms with Gasteiger partial charge in [0, 0.05) is 32.3 Å². The first-order valence-corrected chi connectivity index (χ1v) is 11.1. The smallest absolute Gasteiger partial charge is 0.0552 e. The van der Waals surface area contributed by atoms with Gasteiger partial charge in [-0.25, -0.2) is 0 Å². The number of hydrogen-bond acceptors (Lipinski definition) is 1. The van der Waals surface area contributed by atoms with Crippen molar-refractivity contribution in [3.8, 4) is 5.69 Å². The van der Waals surface area contributed by atoms with Crippen LogP contribution < -0.4 is 5.32 Å². The van der Waals surface area contributed by atoms with Gasteiger partial charge in [0.2, 0.25) is 0 Å². The van der Waals surface area contributed by atoms with E-state index < -0.39 is 0 Å². The van der Waals surface area contributed by atoms with E-state index in [0.29, 0.717) is 0 Å². The summed E-state index contributed by atoms with van der Waals surface area (Å²) in [5, 5.41) is 8.52. The number of fused-ring (bicyclic) bond motifs is 4. The summed E-state index contributed by atoms with van der Waals surface area (Å²) in [4.78, 5) is 0. The minimum atomic E-state index is 1.07. The molecule has 31 heavy (non-hydrogen) atoms. The van der Waals surface area contributed by atoms with Gasteiger partial charge in [0.1, 0.15) is 0 Å². The number of halogens is 1. The van der Waals surface area contributed by atoms with Crippen molar-refractivity contribution in [3.63, 3.8) is 0 Å². The van der Waals surface area contributed by atoms with E-state index >= 15 is 0 Å². The first-order chi connectivity index (χ1) is 15.3. The highest BCUT2D eigenvalue weighted by atomic mass is 79.9. The molecule has 3 heteroatoms. The molecule has 0 aliphatic carbocycles. The molecule has 0 amide bonds. The van der Waals surface area contributed by atoms with Crippen molar-refractivity contribution in [1.29, 1.82) is 0 Å². The molecule has 0 bridgehead atoms. The Morgan fingerprint density at radius 1 is 0.581 bits per heavy atom. The Balaban J connectivity index is 1.41. The number of nitrogens with zero attached hydrogens (tertiary/aromatic N) is 1. The van der Waals surface area contributed by atoms with Crippen LogP contribution in [-0.4, -0.2) is 4.57 Å². The normalized spacial score (nSPS) is 11.4. The Kier molecular flexibility index (Phi) is 4.29. The van der Waals surface area contributed by atoms with Gasteiger partial charge in [-0.15, -0.1) is 0 Å². The average Bonchev–Trinajstić information content (AvgIpc) is 3.15. The van der Waals surface area contributed by atoms with Crippen LogP contribution in [0, 0.1) is 0 Å². The third-order valence-corrected chi connectivity index (χ3v) is 6.47. The van der Waals surface area contributed by atoms with Crippen LogP contribution in [0.5, 0.6) is 0 Å². The van der Waals surface area contributed by atoms with E-state index in [-0.39, 0.29) is 0 Å². The van der Waals surface area contributed by atoms with E-state index in [0.717, 1.165) is 21.5 Å². The molecule has 0 saturated heterocycles. The Morgan fingerprint density at radius 2 is 1.29 bits per heavy atom. The second kappa shape index (κ2) is 7.29. The van der Waals surface area contributed by atoms with Gasteiger partial charge in [0.25, 0.3) is 0 Å². The zero-order valence-corrected chi connectivity index (χ0v) is 18.3. The highest BCUT2D eigenvalue weighted by molar-refractivity contribution is 9.10. The van der Waals surface area contributed by atoms with E-state index in [9.17, 15) is 0 Å². The third-order valence-electron chi connectivity index (χ3n) is 5.81. The van der Waals surface area contributed by atoms with Gasteiger partial charge in [-0.05, 0) is 65.4 Å². The summed E-state index contributed by atoms with van der Waals surface area (Å²) in [5.41, 5.74) is 5.71. The molecule has 1 N–H and O–H groups in total. The lowest BCUT2D eigenvalue weighted by molar-refractivity contribution is 1.18. The first kappa shape index (κ1) is 18.2. The molecule has 1 aromatic heterocycles. The van der Waals surface area contributed by atoms with Crippen LogP contribution in [0.1, 0.15) is 0 Å². The average molecular weight is 463 g/mol. The van der Waals surface area contributed by atoms with Crippen LogP contribution in [0.4, 0.5) is 11.4 Å². The summed E-state index contributed by atoms with van der Waals surface area (Å²) in [6.07, 6.45) is 0. The van der Waals surface area contributed by atoms with Crippen LogP contribution in [0.2, 0.25) is 0 Å². The molecular weight excluding hydrogens is 444 g/mol. The fraction of sp³-hybridized carbons (Fsp3) is 0. The maximum atomic E-state index is 3.75. The monoisotopic (exact) mass is 462 g/mol. The lowest BCUT2D eigenvalue weighted by Gasteiger charge is -2.11. The number of rotatable bonds is 3. The van der Waals surface area contributed by atoms with Crippen molar-refractivity contribution >= 4 is 59.9 Å². The summed E-state index contributed by atoms with van der Waals surface area (Å²) in [5.74, 6) is 0. The van der Waals surface area contributed by atoms with Gasteiger partial charge in [-0.3, -0.25) is 0 Å². The Bertz CT molecular complexity index is 1560. The summed E-state index contributed by atoms with van der Waals surface area (Å²) in [7, 11) is 0. The molecule has 2 nitrogen and oxygen atoms in total. The standard InChI is InChI=1S/C28H19BrN2/c29-25-9-5-11-27-28(25)24-8-3-4-10-26(24)31(27)23-16-14-21(15-17-23)30-22-13-12-19-6-1-2-7-20(19)18-22/h1-18,30H. The molecule has 6 aromatic rings. The van der Waals surface area contributed by atoms with Gasteiger partial charge in [0.05, 0.1) is 11.0 Å². The SMILES string of the molecule is Brc1cccc2c1c1ccccc1n2-c1ccc(Nc2ccc3ccccc3c2)cc1. The lowest BCUT2D eigenvalue weighted by Crippen LogP contribution is -1.95. The maximum absolute atomic E-state index is 3.75. The van der Waals surface area contributed by atoms with Gasteiger partial charge in [-0.2, -0.15) is 0 Å². The summed E-state index contributed by atoms with van der Waals surface area (Å²) in [6, 6.07) is 38.5. The summed E-state index contributed by atoms with van der Waals surface area (Å²) < 4.78 is 3.45. The number of benzene rings is 5. The van der Waals surface area contributed by atoms with Gasteiger partial charge < -0.3 is 9.88 Å². The van der Waals surface area contributed by atoms with E-state index in [1.54, 1.807) is 0 Å². The third kappa shape index (κ3) is 3.09. The van der Waals surface area contributed by atoms with E-state index in [2.05, 4.69) is 135 Å². The molecule has 6 rings (SSSR count). The molecule has 0 radical (unpaired) electrons. The van der Waals surface area contributed by atoms with Gasteiger partial charge >= 0.3 is 0 Å². The Labute approximate surface area is 188 Å². The zero-order valence-electron chi connectivity index (χ0n) is 16.7. The molecule has 0 saturated carbocycles. The fourth-order valence-corrected chi connectivity index (χ4v) is 4.95. The van der Waals surface area contributed by atoms with Crippen LogP contribution in [0.3, 0.4) is 0 Å². The number of anilines is 2. The van der Waals surface area contributed by atoms with Crippen molar-refractivity contribution in [2.24, 2.45) is 0 Å². The highest BCUT2D eigenvalue weighted by Crippen LogP contribution is 2.36. The number of aromatic nitrogens is 1. The predicted octanol–water partition coefficient (Wildman–Crippen LogP) is 8.44. The molecule has 1 heterocycles. The van der Waals surface area contributed by atoms with Crippen molar-refractivity contribution in [1.82, 2.24) is 4.57 Å². The van der Waals surface area contributed by atoms with Gasteiger partial charge in [-0.1, -0.05) is 70.5 Å². The second-order valence-corrected chi connectivity index (χ2v) is 8.57. The quantitative estimate of drug-likeness (QED) is 0.279. The van der Waals surface area contributed by atoms with Crippen LogP contribution in [-0.2, 0) is 0 Å². The largest absolute Gasteiger partial charge is 0.356 e. The maximum Gasteiger partial charge on any atom is 0.0552 e. The molecule has 0 atom stereocenters. The Morgan fingerprint density at radius 3 is 2.16 bits per heavy atom. The predicted molar refractivity (Wildman–Crippen MR) is 136 cm³/mol.